The molecule has 0 saturated heterocycles. The van der Waals surface area contributed by atoms with Crippen LogP contribution in [-0.4, -0.2) is 34.5 Å². The molecule has 0 aliphatic heterocycles. The number of alkyl carbamates (subject to hydrolysis) is 1. The second-order valence-corrected chi connectivity index (χ2v) is 6.63. The van der Waals surface area contributed by atoms with Gasteiger partial charge in [0, 0.05) is 11.8 Å². The number of hydrogen-bond acceptors (Lipinski definition) is 4. The summed E-state index contributed by atoms with van der Waals surface area (Å²) in [6.45, 7) is 14.6. The van der Waals surface area contributed by atoms with Gasteiger partial charge in [-0.2, -0.15) is 0 Å². The van der Waals surface area contributed by atoms with Crippen molar-refractivity contribution in [3.63, 3.8) is 0 Å². The maximum absolute atomic E-state index is 11.8. The summed E-state index contributed by atoms with van der Waals surface area (Å²) >= 11 is 0. The van der Waals surface area contributed by atoms with Crippen molar-refractivity contribution in [2.45, 2.75) is 66.0 Å². The van der Waals surface area contributed by atoms with Crippen LogP contribution >= 0.6 is 0 Å². The van der Waals surface area contributed by atoms with E-state index in [4.69, 9.17) is 9.84 Å². The van der Waals surface area contributed by atoms with Gasteiger partial charge in [0.15, 0.2) is 0 Å². The fourth-order valence-electron chi connectivity index (χ4n) is 1.73. The zero-order valence-electron chi connectivity index (χ0n) is 14.4. The minimum absolute atomic E-state index is 0.0712. The Labute approximate surface area is 132 Å². The van der Waals surface area contributed by atoms with Gasteiger partial charge >= 0.3 is 12.1 Å². The summed E-state index contributed by atoms with van der Waals surface area (Å²) in [5, 5.41) is 11.6. The topological polar surface area (TPSA) is 88.0 Å². The van der Waals surface area contributed by atoms with Crippen molar-refractivity contribution in [1.82, 2.24) is 5.32 Å². The van der Waals surface area contributed by atoms with Gasteiger partial charge in [0.05, 0.1) is 0 Å². The van der Waals surface area contributed by atoms with E-state index in [0.717, 1.165) is 0 Å². The highest BCUT2D eigenvalue weighted by molar-refractivity contribution is 5.91. The van der Waals surface area contributed by atoms with E-state index >= 15 is 0 Å². The summed E-state index contributed by atoms with van der Waals surface area (Å²) in [5.41, 5.74) is -0.0508. The van der Waals surface area contributed by atoms with E-state index in [0.29, 0.717) is 18.6 Å². The molecule has 22 heavy (non-hydrogen) atoms. The van der Waals surface area contributed by atoms with E-state index in [2.05, 4.69) is 16.9 Å². The van der Waals surface area contributed by atoms with Crippen molar-refractivity contribution in [3.05, 3.63) is 12.3 Å². The molecule has 6 nitrogen and oxygen atoms in total. The Balaban J connectivity index is 4.58. The molecule has 1 atom stereocenters. The van der Waals surface area contributed by atoms with Crippen molar-refractivity contribution < 1.29 is 19.4 Å². The lowest BCUT2D eigenvalue weighted by Crippen LogP contribution is -2.42. The summed E-state index contributed by atoms with van der Waals surface area (Å²) < 4.78 is 5.25. The van der Waals surface area contributed by atoms with Crippen molar-refractivity contribution in [3.8, 4) is 0 Å². The van der Waals surface area contributed by atoms with Gasteiger partial charge in [-0.3, -0.25) is 4.99 Å². The number of carbonyl (C=O) groups excluding carboxylic acids is 1. The Hall–Kier alpha value is -1.85. The van der Waals surface area contributed by atoms with Gasteiger partial charge in [-0.15, -0.1) is 0 Å². The molecule has 1 unspecified atom stereocenters. The number of ether oxygens (including phenoxy) is 1. The van der Waals surface area contributed by atoms with Gasteiger partial charge in [-0.25, -0.2) is 9.59 Å². The Morgan fingerprint density at radius 1 is 1.32 bits per heavy atom. The van der Waals surface area contributed by atoms with Crippen LogP contribution in [0.25, 0.3) is 0 Å². The van der Waals surface area contributed by atoms with Gasteiger partial charge in [-0.05, 0) is 46.5 Å². The molecular formula is C16H28N2O4. The number of hydrogen-bond donors (Lipinski definition) is 2. The summed E-state index contributed by atoms with van der Waals surface area (Å²) in [4.78, 5) is 26.4. The quantitative estimate of drug-likeness (QED) is 0.557. The third-order valence-electron chi connectivity index (χ3n) is 2.90. The number of nitrogens with one attached hydrogen (secondary N) is 1. The maximum Gasteiger partial charge on any atom is 0.407 e. The van der Waals surface area contributed by atoms with E-state index in [1.165, 1.54) is 0 Å². The van der Waals surface area contributed by atoms with E-state index in [9.17, 15) is 9.59 Å². The molecule has 0 fully saturated rings. The van der Waals surface area contributed by atoms with Crippen molar-refractivity contribution >= 4 is 17.8 Å². The monoisotopic (exact) mass is 312 g/mol. The third-order valence-corrected chi connectivity index (χ3v) is 2.90. The Morgan fingerprint density at radius 3 is 2.27 bits per heavy atom. The molecule has 1 amide bonds. The highest BCUT2D eigenvalue weighted by atomic mass is 16.6. The number of aliphatic imine (C=N–C) groups is 1. The summed E-state index contributed by atoms with van der Waals surface area (Å²) in [7, 11) is 0. The summed E-state index contributed by atoms with van der Waals surface area (Å²) in [6, 6.07) is -0.0712. The van der Waals surface area contributed by atoms with Crippen LogP contribution in [0.1, 0.15) is 54.4 Å². The first kappa shape index (κ1) is 20.1. The first-order chi connectivity index (χ1) is 9.92. The van der Waals surface area contributed by atoms with E-state index in [1.54, 1.807) is 6.92 Å². The van der Waals surface area contributed by atoms with Crippen LogP contribution in [0, 0.1) is 5.92 Å². The number of nitrogens with zero attached hydrogens (tertiary/aromatic N) is 1. The average Bonchev–Trinajstić information content (AvgIpc) is 2.31. The molecule has 126 valence electrons. The molecule has 0 saturated carbocycles. The first-order valence-corrected chi connectivity index (χ1v) is 7.38. The second kappa shape index (κ2) is 8.56. The molecule has 0 spiro atoms. The average molecular weight is 312 g/mol. The minimum Gasteiger partial charge on any atom is -0.477 e. The van der Waals surface area contributed by atoms with Crippen molar-refractivity contribution in [2.24, 2.45) is 10.9 Å². The van der Waals surface area contributed by atoms with Gasteiger partial charge in [0.25, 0.3) is 0 Å². The van der Waals surface area contributed by atoms with Crippen molar-refractivity contribution in [1.29, 1.82) is 0 Å². The van der Waals surface area contributed by atoms with Crippen molar-refractivity contribution in [2.75, 3.05) is 0 Å². The fraction of sp³-hybridized carbons (Fsp3) is 0.688. The lowest BCUT2D eigenvalue weighted by atomic mass is 9.98. The summed E-state index contributed by atoms with van der Waals surface area (Å²) in [5.74, 6) is -0.908. The maximum atomic E-state index is 11.8. The lowest BCUT2D eigenvalue weighted by Gasteiger charge is -2.25. The molecule has 0 bridgehead atoms. The lowest BCUT2D eigenvalue weighted by molar-refractivity contribution is -0.132. The molecule has 0 heterocycles. The van der Waals surface area contributed by atoms with E-state index in [1.807, 2.05) is 34.6 Å². The number of rotatable bonds is 7. The molecule has 6 heteroatoms. The number of amides is 1. The standard InChI is InChI=1S/C16H28N2O4/c1-10(2)13(18-15(21)22-16(5,6)7)9-8-11(3)17-12(4)14(19)20/h10,13H,4,8-9H2,1-3,5-7H3,(H,18,21)(H,19,20). The smallest absolute Gasteiger partial charge is 0.407 e. The van der Waals surface area contributed by atoms with Crippen LogP contribution in [0.15, 0.2) is 17.3 Å². The fourth-order valence-corrected chi connectivity index (χ4v) is 1.73. The number of carboxylic acids is 1. The molecule has 0 aliphatic rings. The SMILES string of the molecule is C=C(N=C(C)CCC(NC(=O)OC(C)(C)C)C(C)C)C(=O)O. The summed E-state index contributed by atoms with van der Waals surface area (Å²) in [6.07, 6.45) is 0.778. The zero-order chi connectivity index (χ0) is 17.5. The van der Waals surface area contributed by atoms with E-state index < -0.39 is 17.7 Å². The van der Waals surface area contributed by atoms with Gasteiger partial charge in [0.1, 0.15) is 11.3 Å². The van der Waals surface area contributed by atoms with Crippen LogP contribution in [0.4, 0.5) is 4.79 Å². The van der Waals surface area contributed by atoms with Crippen LogP contribution < -0.4 is 5.32 Å². The number of aliphatic carboxylic acids is 1. The van der Waals surface area contributed by atoms with Gasteiger partial charge in [0.2, 0.25) is 0 Å². The van der Waals surface area contributed by atoms with Crippen LogP contribution in [0.2, 0.25) is 0 Å². The molecule has 0 aromatic heterocycles. The molecule has 0 aromatic rings. The predicted molar refractivity (Wildman–Crippen MR) is 87.1 cm³/mol. The molecule has 0 aromatic carbocycles. The molecule has 0 radical (unpaired) electrons. The molecular weight excluding hydrogens is 284 g/mol. The Bertz CT molecular complexity index is 448. The largest absolute Gasteiger partial charge is 0.477 e. The highest BCUT2D eigenvalue weighted by Gasteiger charge is 2.21. The third kappa shape index (κ3) is 9.15. The highest BCUT2D eigenvalue weighted by Crippen LogP contribution is 2.13. The minimum atomic E-state index is -1.13. The zero-order valence-corrected chi connectivity index (χ0v) is 14.4. The van der Waals surface area contributed by atoms with Gasteiger partial charge in [-0.1, -0.05) is 20.4 Å². The normalized spacial score (nSPS) is 13.7. The Morgan fingerprint density at radius 2 is 1.86 bits per heavy atom. The molecule has 0 rings (SSSR count). The van der Waals surface area contributed by atoms with Gasteiger partial charge < -0.3 is 15.2 Å². The van der Waals surface area contributed by atoms with Crippen LogP contribution in [0.3, 0.4) is 0 Å². The number of carboxylic acid groups (broad SMARTS) is 1. The molecule has 0 aliphatic carbocycles. The Kier molecular flexibility index (Phi) is 7.84. The first-order valence-electron chi connectivity index (χ1n) is 7.38. The van der Waals surface area contributed by atoms with E-state index in [-0.39, 0.29) is 17.7 Å². The van der Waals surface area contributed by atoms with Crippen LogP contribution in [-0.2, 0) is 9.53 Å². The molecule has 2 N–H and O–H groups in total. The number of carbonyl (C=O) groups is 2. The second-order valence-electron chi connectivity index (χ2n) is 6.63. The van der Waals surface area contributed by atoms with Crippen LogP contribution in [0.5, 0.6) is 0 Å². The predicted octanol–water partition coefficient (Wildman–Crippen LogP) is 3.38.